The van der Waals surface area contributed by atoms with E-state index < -0.39 is 0 Å². The van der Waals surface area contributed by atoms with E-state index in [9.17, 15) is 0 Å². The Labute approximate surface area is 95.1 Å². The minimum atomic E-state index is 0.264. The Morgan fingerprint density at radius 2 is 2.33 bits per heavy atom. The van der Waals surface area contributed by atoms with Gasteiger partial charge >= 0.3 is 0 Å². The van der Waals surface area contributed by atoms with Crippen LogP contribution in [0.15, 0.2) is 12.1 Å². The summed E-state index contributed by atoms with van der Waals surface area (Å²) in [4.78, 5) is 0. The summed E-state index contributed by atoms with van der Waals surface area (Å²) < 4.78 is 11.2. The van der Waals surface area contributed by atoms with E-state index in [1.54, 1.807) is 0 Å². The Bertz CT molecular complexity index is 363. The summed E-state index contributed by atoms with van der Waals surface area (Å²) in [6.45, 7) is 4.71. The van der Waals surface area contributed by atoms with Crippen molar-refractivity contribution in [1.82, 2.24) is 0 Å². The first kappa shape index (κ1) is 10.6. The predicted molar refractivity (Wildman–Crippen MR) is 61.0 cm³/mol. The molecule has 2 nitrogen and oxygen atoms in total. The zero-order valence-corrected chi connectivity index (χ0v) is 9.80. The van der Waals surface area contributed by atoms with Gasteiger partial charge in [0, 0.05) is 17.5 Å². The van der Waals surface area contributed by atoms with Crippen LogP contribution in [0.3, 0.4) is 0 Å². The fourth-order valence-corrected chi connectivity index (χ4v) is 2.08. The van der Waals surface area contributed by atoms with E-state index in [2.05, 4.69) is 13.0 Å². The number of ether oxygens (including phenoxy) is 2. The summed E-state index contributed by atoms with van der Waals surface area (Å²) >= 11 is 5.87. The maximum atomic E-state index is 5.87. The van der Waals surface area contributed by atoms with Gasteiger partial charge in [-0.1, -0.05) is 0 Å². The first-order chi connectivity index (χ1) is 7.24. The third-order valence-electron chi connectivity index (χ3n) is 2.52. The Hall–Kier alpha value is -0.890. The Morgan fingerprint density at radius 1 is 1.53 bits per heavy atom. The van der Waals surface area contributed by atoms with E-state index in [0.717, 1.165) is 23.5 Å². The summed E-state index contributed by atoms with van der Waals surface area (Å²) in [5.74, 6) is 2.31. The molecule has 1 atom stereocenters. The summed E-state index contributed by atoms with van der Waals surface area (Å²) in [6, 6.07) is 4.05. The Balaban J connectivity index is 2.36. The lowest BCUT2D eigenvalue weighted by Gasteiger charge is -2.10. The number of fused-ring (bicyclic) bond motifs is 1. The molecule has 15 heavy (non-hydrogen) atoms. The molecular weight excluding hydrogens is 212 g/mol. The molecule has 1 heterocycles. The molecule has 1 aliphatic heterocycles. The molecule has 0 spiro atoms. The average molecular weight is 227 g/mol. The first-order valence-corrected chi connectivity index (χ1v) is 5.79. The van der Waals surface area contributed by atoms with Crippen LogP contribution in [0.2, 0.25) is 0 Å². The molecule has 1 aromatic rings. The lowest BCUT2D eigenvalue weighted by molar-refractivity contribution is 0.254. The number of rotatable bonds is 3. The van der Waals surface area contributed by atoms with Crippen LogP contribution in [0.25, 0.3) is 0 Å². The van der Waals surface area contributed by atoms with Gasteiger partial charge in [-0.3, -0.25) is 0 Å². The lowest BCUT2D eigenvalue weighted by atomic mass is 10.1. The van der Waals surface area contributed by atoms with E-state index in [1.165, 1.54) is 5.56 Å². The summed E-state index contributed by atoms with van der Waals surface area (Å²) in [5, 5.41) is 0. The zero-order chi connectivity index (χ0) is 10.8. The second-order valence-corrected chi connectivity index (χ2v) is 4.03. The maximum absolute atomic E-state index is 5.87. The van der Waals surface area contributed by atoms with Crippen molar-refractivity contribution in [3.05, 3.63) is 23.3 Å². The van der Waals surface area contributed by atoms with Crippen molar-refractivity contribution in [3.8, 4) is 11.5 Å². The van der Waals surface area contributed by atoms with Crippen molar-refractivity contribution in [2.75, 3.05) is 6.61 Å². The number of hydrogen-bond acceptors (Lipinski definition) is 2. The number of alkyl halides is 1. The van der Waals surface area contributed by atoms with Crippen molar-refractivity contribution < 1.29 is 9.47 Å². The van der Waals surface area contributed by atoms with Crippen molar-refractivity contribution in [1.29, 1.82) is 0 Å². The smallest absolute Gasteiger partial charge is 0.124 e. The molecule has 0 saturated carbocycles. The molecule has 0 unspecified atom stereocenters. The van der Waals surface area contributed by atoms with E-state index in [0.29, 0.717) is 12.5 Å². The third-order valence-corrected chi connectivity index (χ3v) is 2.81. The minimum Gasteiger partial charge on any atom is -0.494 e. The monoisotopic (exact) mass is 226 g/mol. The molecule has 82 valence electrons. The largest absolute Gasteiger partial charge is 0.494 e. The second-order valence-electron chi connectivity index (χ2n) is 3.77. The van der Waals surface area contributed by atoms with Gasteiger partial charge in [-0.2, -0.15) is 0 Å². The van der Waals surface area contributed by atoms with Gasteiger partial charge in [0.1, 0.15) is 17.6 Å². The zero-order valence-electron chi connectivity index (χ0n) is 9.05. The highest BCUT2D eigenvalue weighted by molar-refractivity contribution is 6.17. The van der Waals surface area contributed by atoms with Gasteiger partial charge in [0.2, 0.25) is 0 Å². The minimum absolute atomic E-state index is 0.264. The molecule has 0 radical (unpaired) electrons. The van der Waals surface area contributed by atoms with Gasteiger partial charge in [-0.05, 0) is 26.0 Å². The van der Waals surface area contributed by atoms with Gasteiger partial charge < -0.3 is 9.47 Å². The quantitative estimate of drug-likeness (QED) is 0.738. The number of hydrogen-bond donors (Lipinski definition) is 0. The van der Waals surface area contributed by atoms with Crippen LogP contribution in [-0.2, 0) is 12.3 Å². The molecule has 1 aliphatic rings. The highest BCUT2D eigenvalue weighted by Crippen LogP contribution is 2.35. The molecule has 0 aliphatic carbocycles. The molecular formula is C12H15ClO2. The highest BCUT2D eigenvalue weighted by atomic mass is 35.5. The predicted octanol–water partition coefficient (Wildman–Crippen LogP) is 3.15. The molecule has 0 saturated heterocycles. The van der Waals surface area contributed by atoms with E-state index in [1.807, 2.05) is 13.0 Å². The van der Waals surface area contributed by atoms with Gasteiger partial charge in [0.25, 0.3) is 0 Å². The molecule has 0 N–H and O–H groups in total. The van der Waals surface area contributed by atoms with Crippen LogP contribution in [-0.4, -0.2) is 12.7 Å². The van der Waals surface area contributed by atoms with E-state index in [4.69, 9.17) is 21.1 Å². The Morgan fingerprint density at radius 3 is 3.00 bits per heavy atom. The van der Waals surface area contributed by atoms with Crippen LogP contribution in [0.1, 0.15) is 25.0 Å². The first-order valence-electron chi connectivity index (χ1n) is 5.25. The van der Waals surface area contributed by atoms with Gasteiger partial charge in [-0.25, -0.2) is 0 Å². The fourth-order valence-electron chi connectivity index (χ4n) is 1.88. The Kier molecular flexibility index (Phi) is 3.06. The average Bonchev–Trinajstić information content (AvgIpc) is 2.56. The van der Waals surface area contributed by atoms with Crippen LogP contribution in [0.4, 0.5) is 0 Å². The van der Waals surface area contributed by atoms with E-state index >= 15 is 0 Å². The normalized spacial score (nSPS) is 18.5. The maximum Gasteiger partial charge on any atom is 0.124 e. The summed E-state index contributed by atoms with van der Waals surface area (Å²) in [7, 11) is 0. The van der Waals surface area contributed by atoms with Crippen LogP contribution >= 0.6 is 11.6 Å². The third kappa shape index (κ3) is 2.05. The molecule has 1 aromatic carbocycles. The van der Waals surface area contributed by atoms with Crippen molar-refractivity contribution in [2.24, 2.45) is 0 Å². The van der Waals surface area contributed by atoms with Crippen LogP contribution < -0.4 is 9.47 Å². The van der Waals surface area contributed by atoms with Crippen LogP contribution in [0, 0.1) is 0 Å². The van der Waals surface area contributed by atoms with Crippen molar-refractivity contribution >= 4 is 11.6 Å². The molecule has 0 aromatic heterocycles. The number of halogens is 1. The standard InChI is InChI=1S/C12H15ClO2/c1-3-14-11-5-9-4-8(2)15-12(9)6-10(11)7-13/h5-6,8H,3-4,7H2,1-2H3/t8-/m1/s1. The lowest BCUT2D eigenvalue weighted by Crippen LogP contribution is -2.05. The SMILES string of the molecule is CCOc1cc2c(cc1CCl)O[C@H](C)C2. The summed E-state index contributed by atoms with van der Waals surface area (Å²) in [5.41, 5.74) is 2.23. The number of benzene rings is 1. The van der Waals surface area contributed by atoms with Gasteiger partial charge in [0.15, 0.2) is 0 Å². The van der Waals surface area contributed by atoms with Crippen LogP contribution in [0.5, 0.6) is 11.5 Å². The van der Waals surface area contributed by atoms with Gasteiger partial charge in [-0.15, -0.1) is 11.6 Å². The molecule has 0 amide bonds. The molecule has 3 heteroatoms. The van der Waals surface area contributed by atoms with E-state index in [-0.39, 0.29) is 6.10 Å². The molecule has 2 rings (SSSR count). The highest BCUT2D eigenvalue weighted by Gasteiger charge is 2.21. The molecule has 0 bridgehead atoms. The molecule has 0 fully saturated rings. The second kappa shape index (κ2) is 4.31. The van der Waals surface area contributed by atoms with Gasteiger partial charge in [0.05, 0.1) is 12.5 Å². The van der Waals surface area contributed by atoms with Crippen molar-refractivity contribution in [2.45, 2.75) is 32.3 Å². The summed E-state index contributed by atoms with van der Waals surface area (Å²) in [6.07, 6.45) is 1.22. The topological polar surface area (TPSA) is 18.5 Å². The van der Waals surface area contributed by atoms with Crippen molar-refractivity contribution in [3.63, 3.8) is 0 Å². The fraction of sp³-hybridized carbons (Fsp3) is 0.500.